The van der Waals surface area contributed by atoms with E-state index in [0.717, 1.165) is 38.8 Å². The second kappa shape index (κ2) is 2.84. The van der Waals surface area contributed by atoms with Crippen molar-refractivity contribution in [2.45, 2.75) is 26.2 Å². The van der Waals surface area contributed by atoms with Crippen LogP contribution in [0, 0.1) is 17.3 Å². The Morgan fingerprint density at radius 3 is 2.58 bits per heavy atom. The maximum Gasteiger partial charge on any atom is 0.123 e. The Bertz CT molecular complexity index is 182. The molecule has 1 saturated heterocycles. The van der Waals surface area contributed by atoms with Crippen LogP contribution < -0.4 is 0 Å². The van der Waals surface area contributed by atoms with Crippen LogP contribution in [0.1, 0.15) is 26.2 Å². The molecule has 1 heterocycles. The smallest absolute Gasteiger partial charge is 0.123 e. The molecule has 1 aliphatic carbocycles. The van der Waals surface area contributed by atoms with E-state index in [1.54, 1.807) is 0 Å². The fraction of sp³-hybridized carbons (Fsp3) is 0.900. The average Bonchev–Trinajstić information content (AvgIpc) is 2.84. The normalized spacial score (nSPS) is 39.1. The standard InChI is InChI=1S/C10H16O2/c1-10(2-4-12-5-3-10)9-6-8(9)7-11/h7-9H,2-6H2,1H3/t8-,9-/m1/s1. The molecule has 2 fully saturated rings. The summed E-state index contributed by atoms with van der Waals surface area (Å²) >= 11 is 0. The summed E-state index contributed by atoms with van der Waals surface area (Å²) in [4.78, 5) is 10.5. The summed E-state index contributed by atoms with van der Waals surface area (Å²) in [6.07, 6.45) is 4.54. The molecule has 2 rings (SSSR count). The van der Waals surface area contributed by atoms with Gasteiger partial charge in [0.2, 0.25) is 0 Å². The van der Waals surface area contributed by atoms with E-state index in [-0.39, 0.29) is 0 Å². The molecule has 2 atom stereocenters. The third-order valence-corrected chi connectivity index (χ3v) is 3.54. The summed E-state index contributed by atoms with van der Waals surface area (Å²) in [5.74, 6) is 1.03. The van der Waals surface area contributed by atoms with Gasteiger partial charge in [0, 0.05) is 19.1 Å². The molecule has 2 aliphatic rings. The monoisotopic (exact) mass is 168 g/mol. The van der Waals surface area contributed by atoms with Gasteiger partial charge in [0.05, 0.1) is 0 Å². The van der Waals surface area contributed by atoms with E-state index in [0.29, 0.717) is 17.3 Å². The van der Waals surface area contributed by atoms with Crippen molar-refractivity contribution in [2.75, 3.05) is 13.2 Å². The quantitative estimate of drug-likeness (QED) is 0.586. The molecule has 12 heavy (non-hydrogen) atoms. The highest BCUT2D eigenvalue weighted by molar-refractivity contribution is 5.58. The maximum atomic E-state index is 10.5. The van der Waals surface area contributed by atoms with Gasteiger partial charge in [-0.1, -0.05) is 6.92 Å². The van der Waals surface area contributed by atoms with Crippen molar-refractivity contribution >= 4 is 6.29 Å². The van der Waals surface area contributed by atoms with Gasteiger partial charge in [0.25, 0.3) is 0 Å². The van der Waals surface area contributed by atoms with Crippen molar-refractivity contribution < 1.29 is 9.53 Å². The molecule has 2 heteroatoms. The molecule has 2 nitrogen and oxygen atoms in total. The van der Waals surface area contributed by atoms with Crippen LogP contribution in [0.2, 0.25) is 0 Å². The molecule has 0 N–H and O–H groups in total. The molecule has 0 aromatic rings. The zero-order valence-corrected chi connectivity index (χ0v) is 7.58. The number of carbonyl (C=O) groups is 1. The van der Waals surface area contributed by atoms with Gasteiger partial charge in [0.1, 0.15) is 6.29 Å². The third kappa shape index (κ3) is 1.28. The molecule has 1 aliphatic heterocycles. The Hall–Kier alpha value is -0.370. The van der Waals surface area contributed by atoms with Crippen LogP contribution >= 0.6 is 0 Å². The molecule has 0 spiro atoms. The van der Waals surface area contributed by atoms with E-state index in [1.165, 1.54) is 0 Å². The molecule has 0 amide bonds. The van der Waals surface area contributed by atoms with E-state index >= 15 is 0 Å². The Kier molecular flexibility index (Phi) is 1.95. The number of ether oxygens (including phenoxy) is 1. The summed E-state index contributed by atoms with van der Waals surface area (Å²) in [6, 6.07) is 0. The Balaban J connectivity index is 1.96. The fourth-order valence-electron chi connectivity index (χ4n) is 2.37. The van der Waals surface area contributed by atoms with Crippen LogP contribution in [-0.4, -0.2) is 19.5 Å². The van der Waals surface area contributed by atoms with Crippen molar-refractivity contribution in [3.63, 3.8) is 0 Å². The van der Waals surface area contributed by atoms with Crippen molar-refractivity contribution in [2.24, 2.45) is 17.3 Å². The van der Waals surface area contributed by atoms with Crippen LogP contribution in [0.5, 0.6) is 0 Å². The second-order valence-electron chi connectivity index (χ2n) is 4.41. The first-order valence-corrected chi connectivity index (χ1v) is 4.79. The highest BCUT2D eigenvalue weighted by atomic mass is 16.5. The highest BCUT2D eigenvalue weighted by Gasteiger charge is 2.49. The van der Waals surface area contributed by atoms with Gasteiger partial charge >= 0.3 is 0 Å². The summed E-state index contributed by atoms with van der Waals surface area (Å²) in [7, 11) is 0. The summed E-state index contributed by atoms with van der Waals surface area (Å²) in [6.45, 7) is 4.08. The molecule has 0 bridgehead atoms. The Morgan fingerprint density at radius 2 is 2.08 bits per heavy atom. The lowest BCUT2D eigenvalue weighted by Crippen LogP contribution is -2.29. The maximum absolute atomic E-state index is 10.5. The number of carbonyl (C=O) groups excluding carboxylic acids is 1. The van der Waals surface area contributed by atoms with E-state index < -0.39 is 0 Å². The van der Waals surface area contributed by atoms with Crippen molar-refractivity contribution in [1.82, 2.24) is 0 Å². The largest absolute Gasteiger partial charge is 0.381 e. The van der Waals surface area contributed by atoms with Crippen LogP contribution in [0.15, 0.2) is 0 Å². The minimum Gasteiger partial charge on any atom is -0.381 e. The number of aldehydes is 1. The van der Waals surface area contributed by atoms with Crippen LogP contribution in [0.25, 0.3) is 0 Å². The van der Waals surface area contributed by atoms with Crippen molar-refractivity contribution in [3.05, 3.63) is 0 Å². The minimum atomic E-state index is 0.369. The first-order valence-electron chi connectivity index (χ1n) is 4.79. The molecule has 1 saturated carbocycles. The van der Waals surface area contributed by atoms with Crippen molar-refractivity contribution in [1.29, 1.82) is 0 Å². The van der Waals surface area contributed by atoms with Gasteiger partial charge in [0.15, 0.2) is 0 Å². The SMILES string of the molecule is CC1([C@@H]2C[C@@H]2C=O)CCOCC1. The lowest BCUT2D eigenvalue weighted by Gasteiger charge is -2.33. The number of hydrogen-bond acceptors (Lipinski definition) is 2. The Labute approximate surface area is 73.3 Å². The van der Waals surface area contributed by atoms with E-state index in [9.17, 15) is 4.79 Å². The molecular formula is C10H16O2. The van der Waals surface area contributed by atoms with Crippen LogP contribution in [0.3, 0.4) is 0 Å². The molecule has 0 unspecified atom stereocenters. The molecular weight excluding hydrogens is 152 g/mol. The molecule has 68 valence electrons. The second-order valence-corrected chi connectivity index (χ2v) is 4.41. The van der Waals surface area contributed by atoms with Crippen LogP contribution in [-0.2, 0) is 9.53 Å². The lowest BCUT2D eigenvalue weighted by molar-refractivity contribution is -0.109. The van der Waals surface area contributed by atoms with Crippen LogP contribution in [0.4, 0.5) is 0 Å². The summed E-state index contributed by atoms with van der Waals surface area (Å²) in [5, 5.41) is 0. The molecule has 0 aromatic carbocycles. The topological polar surface area (TPSA) is 26.3 Å². The first-order chi connectivity index (χ1) is 5.76. The van der Waals surface area contributed by atoms with Gasteiger partial charge in [-0.25, -0.2) is 0 Å². The predicted molar refractivity (Wildman–Crippen MR) is 45.8 cm³/mol. The fourth-order valence-corrected chi connectivity index (χ4v) is 2.37. The summed E-state index contributed by atoms with van der Waals surface area (Å²) in [5.41, 5.74) is 0.407. The summed E-state index contributed by atoms with van der Waals surface area (Å²) < 4.78 is 5.32. The molecule has 0 radical (unpaired) electrons. The predicted octanol–water partition coefficient (Wildman–Crippen LogP) is 1.64. The molecule has 0 aromatic heterocycles. The van der Waals surface area contributed by atoms with Crippen molar-refractivity contribution in [3.8, 4) is 0 Å². The van der Waals surface area contributed by atoms with E-state index in [2.05, 4.69) is 6.92 Å². The van der Waals surface area contributed by atoms with Gasteiger partial charge in [-0.3, -0.25) is 0 Å². The van der Waals surface area contributed by atoms with Gasteiger partial charge in [-0.15, -0.1) is 0 Å². The Morgan fingerprint density at radius 1 is 1.42 bits per heavy atom. The minimum absolute atomic E-state index is 0.369. The van der Waals surface area contributed by atoms with Gasteiger partial charge < -0.3 is 9.53 Å². The number of rotatable bonds is 2. The number of hydrogen-bond donors (Lipinski definition) is 0. The third-order valence-electron chi connectivity index (χ3n) is 3.54. The van der Waals surface area contributed by atoms with E-state index in [1.807, 2.05) is 0 Å². The zero-order chi connectivity index (χ0) is 8.60. The highest BCUT2D eigenvalue weighted by Crippen LogP contribution is 2.54. The van der Waals surface area contributed by atoms with E-state index in [4.69, 9.17) is 4.74 Å². The first kappa shape index (κ1) is 8.24. The van der Waals surface area contributed by atoms with Gasteiger partial charge in [-0.05, 0) is 30.6 Å². The average molecular weight is 168 g/mol. The zero-order valence-electron chi connectivity index (χ0n) is 7.58. The lowest BCUT2D eigenvalue weighted by atomic mass is 9.77. The van der Waals surface area contributed by atoms with Gasteiger partial charge in [-0.2, -0.15) is 0 Å².